The summed E-state index contributed by atoms with van der Waals surface area (Å²) in [6.07, 6.45) is 0. The van der Waals surface area contributed by atoms with Crippen LogP contribution >= 0.6 is 10.7 Å². The van der Waals surface area contributed by atoms with Gasteiger partial charge in [-0.1, -0.05) is 30.3 Å². The van der Waals surface area contributed by atoms with Gasteiger partial charge in [-0.25, -0.2) is 8.42 Å². The van der Waals surface area contributed by atoms with Crippen molar-refractivity contribution in [3.8, 4) is 0 Å². The van der Waals surface area contributed by atoms with E-state index in [1.54, 1.807) is 30.3 Å². The van der Waals surface area contributed by atoms with Crippen molar-refractivity contribution in [2.45, 2.75) is 4.90 Å². The highest BCUT2D eigenvalue weighted by atomic mass is 35.7. The Labute approximate surface area is 115 Å². The molecule has 0 bridgehead atoms. The molecule has 0 heterocycles. The molecule has 0 amide bonds. The third-order valence-electron chi connectivity index (χ3n) is 2.55. The van der Waals surface area contributed by atoms with Gasteiger partial charge in [0.15, 0.2) is 5.78 Å². The molecule has 0 atom stereocenters. The summed E-state index contributed by atoms with van der Waals surface area (Å²) >= 11 is 0. The second-order valence-corrected chi connectivity index (χ2v) is 6.42. The molecular formula is C13H10ClNO3S. The summed E-state index contributed by atoms with van der Waals surface area (Å²) in [5.74, 6) is -0.438. The fourth-order valence-electron chi connectivity index (χ4n) is 1.68. The lowest BCUT2D eigenvalue weighted by Gasteiger charge is -2.07. The molecule has 2 aromatic rings. The molecule has 0 aromatic heterocycles. The van der Waals surface area contributed by atoms with E-state index < -0.39 is 14.8 Å². The van der Waals surface area contributed by atoms with Crippen LogP contribution in [-0.2, 0) is 9.05 Å². The lowest BCUT2D eigenvalue weighted by atomic mass is 10.0. The lowest BCUT2D eigenvalue weighted by molar-refractivity contribution is 0.103. The van der Waals surface area contributed by atoms with Gasteiger partial charge in [-0.05, 0) is 18.2 Å². The smallest absolute Gasteiger partial charge is 0.262 e. The Hall–Kier alpha value is -1.85. The molecule has 0 saturated carbocycles. The van der Waals surface area contributed by atoms with Gasteiger partial charge in [0.05, 0.1) is 4.90 Å². The Morgan fingerprint density at radius 1 is 1.05 bits per heavy atom. The average Bonchev–Trinajstić information content (AvgIpc) is 2.37. The Morgan fingerprint density at radius 2 is 1.68 bits per heavy atom. The molecular weight excluding hydrogens is 286 g/mol. The number of nitrogen functional groups attached to an aromatic ring is 1. The quantitative estimate of drug-likeness (QED) is 0.536. The van der Waals surface area contributed by atoms with Crippen LogP contribution in [0, 0.1) is 0 Å². The number of carbonyl (C=O) groups excluding carboxylic acids is 1. The second-order valence-electron chi connectivity index (χ2n) is 3.89. The molecule has 2 aromatic carbocycles. The van der Waals surface area contributed by atoms with E-state index in [0.717, 1.165) is 0 Å². The van der Waals surface area contributed by atoms with Gasteiger partial charge in [0.25, 0.3) is 9.05 Å². The molecule has 4 nitrogen and oxygen atoms in total. The number of anilines is 1. The number of hydrogen-bond acceptors (Lipinski definition) is 4. The van der Waals surface area contributed by atoms with E-state index >= 15 is 0 Å². The van der Waals surface area contributed by atoms with Crippen molar-refractivity contribution in [3.05, 3.63) is 59.7 Å². The van der Waals surface area contributed by atoms with Gasteiger partial charge in [-0.2, -0.15) is 0 Å². The molecule has 0 spiro atoms. The fraction of sp³-hybridized carbons (Fsp3) is 0. The van der Waals surface area contributed by atoms with E-state index in [9.17, 15) is 13.2 Å². The van der Waals surface area contributed by atoms with Gasteiger partial charge in [0.1, 0.15) is 0 Å². The Kier molecular flexibility index (Phi) is 3.59. The van der Waals surface area contributed by atoms with Gasteiger partial charge < -0.3 is 5.73 Å². The first-order chi connectivity index (χ1) is 8.89. The zero-order chi connectivity index (χ0) is 14.0. The lowest BCUT2D eigenvalue weighted by Crippen LogP contribution is -2.08. The molecule has 6 heteroatoms. The number of nitrogens with two attached hydrogens (primary N) is 1. The summed E-state index contributed by atoms with van der Waals surface area (Å²) < 4.78 is 22.9. The van der Waals surface area contributed by atoms with Gasteiger partial charge in [-0.3, -0.25) is 4.79 Å². The van der Waals surface area contributed by atoms with Crippen molar-refractivity contribution in [1.82, 2.24) is 0 Å². The van der Waals surface area contributed by atoms with E-state index in [1.807, 2.05) is 0 Å². The zero-order valence-electron chi connectivity index (χ0n) is 9.71. The van der Waals surface area contributed by atoms with Crippen molar-refractivity contribution in [3.63, 3.8) is 0 Å². The summed E-state index contributed by atoms with van der Waals surface area (Å²) in [4.78, 5) is 12.0. The number of benzene rings is 2. The van der Waals surface area contributed by atoms with E-state index in [4.69, 9.17) is 16.4 Å². The van der Waals surface area contributed by atoms with Crippen LogP contribution in [0.5, 0.6) is 0 Å². The Morgan fingerprint density at radius 3 is 2.26 bits per heavy atom. The summed E-state index contributed by atoms with van der Waals surface area (Å²) in [6, 6.07) is 12.2. The van der Waals surface area contributed by atoms with Crippen molar-refractivity contribution >= 4 is 31.2 Å². The molecule has 0 fully saturated rings. The number of halogens is 1. The minimum atomic E-state index is -4.01. The summed E-state index contributed by atoms with van der Waals surface area (Å²) in [7, 11) is 1.32. The van der Waals surface area contributed by atoms with E-state index in [1.165, 1.54) is 18.2 Å². The molecule has 2 N–H and O–H groups in total. The molecule has 0 saturated heterocycles. The van der Waals surface area contributed by atoms with Crippen molar-refractivity contribution in [2.75, 3.05) is 5.73 Å². The largest absolute Gasteiger partial charge is 0.399 e. The van der Waals surface area contributed by atoms with Crippen molar-refractivity contribution in [1.29, 1.82) is 0 Å². The first kappa shape index (κ1) is 13.6. The Balaban J connectivity index is 2.62. The van der Waals surface area contributed by atoms with Crippen LogP contribution in [0.15, 0.2) is 53.4 Å². The standard InChI is InChI=1S/C13H10ClNO3S/c14-19(17,18)12-7-6-10(15)8-11(12)13(16)9-4-2-1-3-5-9/h1-8H,15H2. The molecule has 19 heavy (non-hydrogen) atoms. The van der Waals surface area contributed by atoms with Gasteiger partial charge in [0.2, 0.25) is 0 Å². The zero-order valence-corrected chi connectivity index (χ0v) is 11.3. The summed E-state index contributed by atoms with van der Waals surface area (Å²) in [5, 5.41) is 0. The minimum Gasteiger partial charge on any atom is -0.399 e. The maximum Gasteiger partial charge on any atom is 0.262 e. The van der Waals surface area contributed by atoms with Gasteiger partial charge in [0, 0.05) is 27.5 Å². The van der Waals surface area contributed by atoms with Gasteiger partial charge >= 0.3 is 0 Å². The fourth-order valence-corrected chi connectivity index (χ4v) is 2.73. The highest BCUT2D eigenvalue weighted by molar-refractivity contribution is 8.13. The molecule has 98 valence electrons. The van der Waals surface area contributed by atoms with E-state index in [0.29, 0.717) is 11.3 Å². The molecule has 0 unspecified atom stereocenters. The van der Waals surface area contributed by atoms with Crippen LogP contribution in [-0.4, -0.2) is 14.2 Å². The van der Waals surface area contributed by atoms with Crippen LogP contribution in [0.4, 0.5) is 5.69 Å². The third kappa shape index (κ3) is 2.94. The maximum absolute atomic E-state index is 12.3. The normalized spacial score (nSPS) is 11.2. The Bertz CT molecular complexity index is 727. The molecule has 2 rings (SSSR count). The third-order valence-corrected chi connectivity index (χ3v) is 3.93. The predicted molar refractivity (Wildman–Crippen MR) is 73.8 cm³/mol. The highest BCUT2D eigenvalue weighted by Crippen LogP contribution is 2.24. The maximum atomic E-state index is 12.3. The van der Waals surface area contributed by atoms with Crippen molar-refractivity contribution < 1.29 is 13.2 Å². The first-order valence-electron chi connectivity index (χ1n) is 5.33. The van der Waals surface area contributed by atoms with E-state index in [-0.39, 0.29) is 10.5 Å². The van der Waals surface area contributed by atoms with Crippen LogP contribution in [0.2, 0.25) is 0 Å². The molecule has 0 radical (unpaired) electrons. The number of rotatable bonds is 3. The minimum absolute atomic E-state index is 0.0267. The second kappa shape index (κ2) is 5.03. The van der Waals surface area contributed by atoms with E-state index in [2.05, 4.69) is 0 Å². The van der Waals surface area contributed by atoms with Crippen LogP contribution in [0.1, 0.15) is 15.9 Å². The highest BCUT2D eigenvalue weighted by Gasteiger charge is 2.21. The SMILES string of the molecule is Nc1ccc(S(=O)(=O)Cl)c(C(=O)c2ccccc2)c1. The number of hydrogen-bond donors (Lipinski definition) is 1. The van der Waals surface area contributed by atoms with Crippen molar-refractivity contribution in [2.24, 2.45) is 0 Å². The van der Waals surface area contributed by atoms with Gasteiger partial charge in [-0.15, -0.1) is 0 Å². The number of carbonyl (C=O) groups is 1. The predicted octanol–water partition coefficient (Wildman–Crippen LogP) is 2.43. The van der Waals surface area contributed by atoms with Crippen LogP contribution in [0.3, 0.4) is 0 Å². The van der Waals surface area contributed by atoms with Crippen LogP contribution in [0.25, 0.3) is 0 Å². The average molecular weight is 296 g/mol. The topological polar surface area (TPSA) is 77.2 Å². The summed E-state index contributed by atoms with van der Waals surface area (Å²) in [6.45, 7) is 0. The number of ketones is 1. The monoisotopic (exact) mass is 295 g/mol. The summed E-state index contributed by atoms with van der Waals surface area (Å²) in [5.41, 5.74) is 6.23. The van der Waals surface area contributed by atoms with Crippen LogP contribution < -0.4 is 5.73 Å². The molecule has 0 aliphatic rings. The first-order valence-corrected chi connectivity index (χ1v) is 7.64. The molecule has 0 aliphatic carbocycles. The molecule has 0 aliphatic heterocycles.